The monoisotopic (exact) mass is 294 g/mol. The minimum Gasteiger partial charge on any atom is -0.393 e. The second-order valence-corrected chi connectivity index (χ2v) is 5.88. The Balaban J connectivity index is 2.06. The Bertz CT molecular complexity index is 510. The third-order valence-electron chi connectivity index (χ3n) is 4.34. The lowest BCUT2D eigenvalue weighted by Crippen LogP contribution is -2.44. The lowest BCUT2D eigenvalue weighted by atomic mass is 9.94. The maximum absolute atomic E-state index is 12.4. The molecule has 0 saturated carbocycles. The molecule has 6 heteroatoms. The molecule has 1 aliphatic heterocycles. The first-order chi connectivity index (χ1) is 9.93. The zero-order valence-corrected chi connectivity index (χ0v) is 13.4. The Kier molecular flexibility index (Phi) is 4.88. The number of carbonyl (C=O) groups excluding carboxylic acids is 1. The normalized spacial score (nSPS) is 20.4. The minimum absolute atomic E-state index is 0.0952. The number of likely N-dealkylation sites (tertiary alicyclic amines) is 1. The molecule has 1 aliphatic rings. The van der Waals surface area contributed by atoms with E-state index < -0.39 is 0 Å². The van der Waals surface area contributed by atoms with Crippen molar-refractivity contribution in [2.75, 3.05) is 18.4 Å². The van der Waals surface area contributed by atoms with Crippen LogP contribution >= 0.6 is 0 Å². The van der Waals surface area contributed by atoms with Crippen LogP contribution in [0.1, 0.15) is 38.1 Å². The van der Waals surface area contributed by atoms with E-state index in [1.807, 2.05) is 25.5 Å². The van der Waals surface area contributed by atoms with Gasteiger partial charge in [0.05, 0.1) is 23.2 Å². The number of urea groups is 1. The maximum Gasteiger partial charge on any atom is 0.321 e. The molecular formula is C15H26N4O2. The van der Waals surface area contributed by atoms with Crippen LogP contribution < -0.4 is 5.32 Å². The van der Waals surface area contributed by atoms with E-state index in [9.17, 15) is 9.90 Å². The van der Waals surface area contributed by atoms with Gasteiger partial charge in [-0.3, -0.25) is 4.68 Å². The van der Waals surface area contributed by atoms with Crippen LogP contribution in [0.15, 0.2) is 0 Å². The number of carbonyl (C=O) groups is 1. The van der Waals surface area contributed by atoms with Gasteiger partial charge in [0.15, 0.2) is 0 Å². The van der Waals surface area contributed by atoms with Crippen LogP contribution in [0.5, 0.6) is 0 Å². The van der Waals surface area contributed by atoms with Crippen LogP contribution in [0.25, 0.3) is 0 Å². The first-order valence-corrected chi connectivity index (χ1v) is 7.72. The van der Waals surface area contributed by atoms with E-state index in [-0.39, 0.29) is 18.1 Å². The summed E-state index contributed by atoms with van der Waals surface area (Å²) in [5.41, 5.74) is 2.63. The molecule has 2 atom stereocenters. The number of hydrogen-bond acceptors (Lipinski definition) is 3. The Hall–Kier alpha value is -1.56. The van der Waals surface area contributed by atoms with Gasteiger partial charge < -0.3 is 15.3 Å². The summed E-state index contributed by atoms with van der Waals surface area (Å²) in [6.45, 7) is 9.85. The summed E-state index contributed by atoms with van der Waals surface area (Å²) in [6.07, 6.45) is 1.55. The molecule has 2 rings (SSSR count). The Morgan fingerprint density at radius 2 is 2.24 bits per heavy atom. The Morgan fingerprint density at radius 3 is 2.81 bits per heavy atom. The summed E-state index contributed by atoms with van der Waals surface area (Å²) in [5.74, 6) is 0.171. The van der Waals surface area contributed by atoms with Crippen molar-refractivity contribution < 1.29 is 9.90 Å². The van der Waals surface area contributed by atoms with Gasteiger partial charge in [0.2, 0.25) is 0 Å². The predicted octanol–water partition coefficient (Wildman–Crippen LogP) is 2.14. The van der Waals surface area contributed by atoms with Crippen molar-refractivity contribution in [2.24, 2.45) is 5.92 Å². The van der Waals surface area contributed by atoms with Crippen LogP contribution in [0, 0.1) is 19.8 Å². The van der Waals surface area contributed by atoms with Crippen LogP contribution in [0.3, 0.4) is 0 Å². The fourth-order valence-corrected chi connectivity index (χ4v) is 2.96. The van der Waals surface area contributed by atoms with E-state index >= 15 is 0 Å². The first-order valence-electron chi connectivity index (χ1n) is 7.72. The topological polar surface area (TPSA) is 70.4 Å². The molecule has 1 saturated heterocycles. The highest BCUT2D eigenvalue weighted by atomic mass is 16.3. The second kappa shape index (κ2) is 6.47. The number of nitrogens with zero attached hydrogens (tertiary/aromatic N) is 3. The van der Waals surface area contributed by atoms with Gasteiger partial charge in [0, 0.05) is 25.6 Å². The standard InChI is InChI=1S/C15H26N4O2/c1-5-19-11(3)14(10(2)17-19)16-15(21)18-8-6-7-13(9-18)12(4)20/h12-13,20H,5-9H2,1-4H3,(H,16,21). The average Bonchev–Trinajstić information content (AvgIpc) is 2.74. The number of nitrogens with one attached hydrogen (secondary N) is 1. The summed E-state index contributed by atoms with van der Waals surface area (Å²) in [6, 6.07) is -0.0952. The third kappa shape index (κ3) is 3.37. The first kappa shape index (κ1) is 15.8. The zero-order valence-electron chi connectivity index (χ0n) is 13.4. The second-order valence-electron chi connectivity index (χ2n) is 5.88. The molecule has 6 nitrogen and oxygen atoms in total. The summed E-state index contributed by atoms with van der Waals surface area (Å²) >= 11 is 0. The molecule has 2 heterocycles. The molecule has 21 heavy (non-hydrogen) atoms. The Labute approximate surface area is 126 Å². The predicted molar refractivity (Wildman–Crippen MR) is 82.4 cm³/mol. The third-order valence-corrected chi connectivity index (χ3v) is 4.34. The molecule has 0 aromatic carbocycles. The van der Waals surface area contributed by atoms with Gasteiger partial charge in [-0.15, -0.1) is 0 Å². The average molecular weight is 294 g/mol. The minimum atomic E-state index is -0.369. The van der Waals surface area contributed by atoms with Crippen molar-refractivity contribution in [2.45, 2.75) is 53.2 Å². The smallest absolute Gasteiger partial charge is 0.321 e. The molecular weight excluding hydrogens is 268 g/mol. The Morgan fingerprint density at radius 1 is 1.52 bits per heavy atom. The lowest BCUT2D eigenvalue weighted by Gasteiger charge is -2.34. The van der Waals surface area contributed by atoms with Crippen LogP contribution in [0.4, 0.5) is 10.5 Å². The van der Waals surface area contributed by atoms with Gasteiger partial charge in [-0.25, -0.2) is 4.79 Å². The van der Waals surface area contributed by atoms with Crippen LogP contribution in [-0.4, -0.2) is 45.0 Å². The number of aromatic nitrogens is 2. The number of rotatable bonds is 3. The number of piperidine rings is 1. The van der Waals surface area contributed by atoms with Gasteiger partial charge in [0.25, 0.3) is 0 Å². The van der Waals surface area contributed by atoms with E-state index in [4.69, 9.17) is 0 Å². The van der Waals surface area contributed by atoms with Crippen molar-refractivity contribution in [3.8, 4) is 0 Å². The highest BCUT2D eigenvalue weighted by molar-refractivity contribution is 5.90. The molecule has 118 valence electrons. The highest BCUT2D eigenvalue weighted by Crippen LogP contribution is 2.23. The molecule has 2 unspecified atom stereocenters. The van der Waals surface area contributed by atoms with E-state index in [2.05, 4.69) is 10.4 Å². The molecule has 0 bridgehead atoms. The van der Waals surface area contributed by atoms with Gasteiger partial charge >= 0.3 is 6.03 Å². The molecule has 0 aliphatic carbocycles. The fraction of sp³-hybridized carbons (Fsp3) is 0.733. The molecule has 2 amide bonds. The van der Waals surface area contributed by atoms with Crippen molar-refractivity contribution in [3.05, 3.63) is 11.4 Å². The molecule has 1 aromatic rings. The van der Waals surface area contributed by atoms with Crippen LogP contribution in [0.2, 0.25) is 0 Å². The van der Waals surface area contributed by atoms with Crippen molar-refractivity contribution in [3.63, 3.8) is 0 Å². The summed E-state index contributed by atoms with van der Waals surface area (Å²) in [5, 5.41) is 17.1. The summed E-state index contributed by atoms with van der Waals surface area (Å²) < 4.78 is 1.89. The van der Waals surface area contributed by atoms with E-state index in [1.165, 1.54) is 0 Å². The molecule has 0 spiro atoms. The van der Waals surface area contributed by atoms with Gasteiger partial charge in [0.1, 0.15) is 0 Å². The van der Waals surface area contributed by atoms with Gasteiger partial charge in [-0.05, 0) is 40.5 Å². The number of amides is 2. The SMILES string of the molecule is CCn1nc(C)c(NC(=O)N2CCCC(C(C)O)C2)c1C. The van der Waals surface area contributed by atoms with E-state index in [0.29, 0.717) is 6.54 Å². The molecule has 2 N–H and O–H groups in total. The number of anilines is 1. The maximum atomic E-state index is 12.4. The number of aryl methyl sites for hydroxylation is 2. The number of aliphatic hydroxyl groups excluding tert-OH is 1. The van der Waals surface area contributed by atoms with Crippen molar-refractivity contribution >= 4 is 11.7 Å². The summed E-state index contributed by atoms with van der Waals surface area (Å²) in [7, 11) is 0. The quantitative estimate of drug-likeness (QED) is 0.897. The molecule has 1 fully saturated rings. The van der Waals surface area contributed by atoms with E-state index in [1.54, 1.807) is 11.8 Å². The number of aliphatic hydroxyl groups is 1. The van der Waals surface area contributed by atoms with Crippen molar-refractivity contribution in [1.82, 2.24) is 14.7 Å². The molecule has 0 radical (unpaired) electrons. The van der Waals surface area contributed by atoms with Crippen LogP contribution in [-0.2, 0) is 6.54 Å². The lowest BCUT2D eigenvalue weighted by molar-refractivity contribution is 0.0766. The number of hydrogen-bond donors (Lipinski definition) is 2. The van der Waals surface area contributed by atoms with Crippen molar-refractivity contribution in [1.29, 1.82) is 0 Å². The van der Waals surface area contributed by atoms with Gasteiger partial charge in [-0.1, -0.05) is 0 Å². The van der Waals surface area contributed by atoms with E-state index in [0.717, 1.165) is 43.0 Å². The molecule has 1 aromatic heterocycles. The fourth-order valence-electron chi connectivity index (χ4n) is 2.96. The summed E-state index contributed by atoms with van der Waals surface area (Å²) in [4.78, 5) is 14.2. The zero-order chi connectivity index (χ0) is 15.6. The highest BCUT2D eigenvalue weighted by Gasteiger charge is 2.27. The van der Waals surface area contributed by atoms with Gasteiger partial charge in [-0.2, -0.15) is 5.10 Å². The largest absolute Gasteiger partial charge is 0.393 e.